The second-order valence-corrected chi connectivity index (χ2v) is 4.66. The number of pyridine rings is 1. The van der Waals surface area contributed by atoms with E-state index in [1.807, 2.05) is 0 Å². The molecule has 2 aromatic rings. The van der Waals surface area contributed by atoms with E-state index in [9.17, 15) is 13.6 Å². The number of halogens is 2. The first-order chi connectivity index (χ1) is 10.6. The SMILES string of the molecule is CC(=O)[N+]1=C(c2c(F)cccc2F)OC(c2ccncc2)N1. The highest BCUT2D eigenvalue weighted by molar-refractivity contribution is 5.94. The van der Waals surface area contributed by atoms with Gasteiger partial charge in [-0.05, 0) is 28.9 Å². The molecule has 0 aliphatic carbocycles. The lowest BCUT2D eigenvalue weighted by atomic mass is 10.2. The van der Waals surface area contributed by atoms with Crippen molar-refractivity contribution in [1.82, 2.24) is 10.4 Å². The fraction of sp³-hybridized carbons (Fsp3) is 0.133. The Morgan fingerprint density at radius 1 is 1.23 bits per heavy atom. The van der Waals surface area contributed by atoms with E-state index in [0.717, 1.165) is 16.8 Å². The van der Waals surface area contributed by atoms with E-state index in [1.54, 1.807) is 24.5 Å². The van der Waals surface area contributed by atoms with E-state index in [0.29, 0.717) is 5.56 Å². The predicted octanol–water partition coefficient (Wildman–Crippen LogP) is 1.90. The Bertz CT molecular complexity index is 742. The van der Waals surface area contributed by atoms with Gasteiger partial charge in [-0.1, -0.05) is 6.07 Å². The van der Waals surface area contributed by atoms with Crippen LogP contribution in [0, 0.1) is 11.6 Å². The first-order valence-corrected chi connectivity index (χ1v) is 6.52. The van der Waals surface area contributed by atoms with Crippen LogP contribution in [0.5, 0.6) is 0 Å². The highest BCUT2D eigenvalue weighted by atomic mass is 19.1. The summed E-state index contributed by atoms with van der Waals surface area (Å²) in [5.74, 6) is -2.27. The van der Waals surface area contributed by atoms with Gasteiger partial charge >= 0.3 is 11.8 Å². The number of amides is 1. The maximum absolute atomic E-state index is 14.0. The third-order valence-corrected chi connectivity index (χ3v) is 3.18. The minimum absolute atomic E-state index is 0.204. The summed E-state index contributed by atoms with van der Waals surface area (Å²) in [5, 5.41) is 0. The van der Waals surface area contributed by atoms with Crippen molar-refractivity contribution in [2.45, 2.75) is 13.2 Å². The van der Waals surface area contributed by atoms with E-state index in [1.165, 1.54) is 13.0 Å². The van der Waals surface area contributed by atoms with E-state index in [4.69, 9.17) is 4.74 Å². The van der Waals surface area contributed by atoms with Crippen molar-refractivity contribution < 1.29 is 23.0 Å². The van der Waals surface area contributed by atoms with Gasteiger partial charge in [-0.15, -0.1) is 5.43 Å². The van der Waals surface area contributed by atoms with Crippen LogP contribution in [-0.4, -0.2) is 21.5 Å². The van der Waals surface area contributed by atoms with E-state index < -0.39 is 23.8 Å². The molecule has 5 nitrogen and oxygen atoms in total. The summed E-state index contributed by atoms with van der Waals surface area (Å²) in [5.41, 5.74) is 3.06. The third-order valence-electron chi connectivity index (χ3n) is 3.18. The zero-order valence-corrected chi connectivity index (χ0v) is 11.6. The fourth-order valence-corrected chi connectivity index (χ4v) is 2.15. The van der Waals surface area contributed by atoms with Crippen LogP contribution in [0.25, 0.3) is 0 Å². The summed E-state index contributed by atoms with van der Waals surface area (Å²) >= 11 is 0. The molecule has 1 unspecified atom stereocenters. The number of carbonyl (C=O) groups is 1. The molecule has 1 aromatic carbocycles. The average Bonchev–Trinajstić information content (AvgIpc) is 2.93. The maximum Gasteiger partial charge on any atom is 0.415 e. The van der Waals surface area contributed by atoms with E-state index in [-0.39, 0.29) is 11.5 Å². The summed E-state index contributed by atoms with van der Waals surface area (Å²) in [7, 11) is 0. The van der Waals surface area contributed by atoms with Gasteiger partial charge in [0.1, 0.15) is 11.6 Å². The molecule has 22 heavy (non-hydrogen) atoms. The number of hydrogen-bond acceptors (Lipinski definition) is 4. The van der Waals surface area contributed by atoms with Crippen LogP contribution in [0.1, 0.15) is 24.3 Å². The van der Waals surface area contributed by atoms with E-state index in [2.05, 4.69) is 10.4 Å². The molecule has 0 spiro atoms. The average molecular weight is 304 g/mol. The molecule has 3 rings (SSSR count). The Morgan fingerprint density at radius 2 is 1.86 bits per heavy atom. The van der Waals surface area contributed by atoms with Crippen molar-refractivity contribution in [3.8, 4) is 0 Å². The van der Waals surface area contributed by atoms with Crippen LogP contribution in [0.15, 0.2) is 42.7 Å². The number of ether oxygens (including phenoxy) is 1. The van der Waals surface area contributed by atoms with Gasteiger partial charge in [-0.3, -0.25) is 4.98 Å². The summed E-state index contributed by atoms with van der Waals surface area (Å²) in [6.45, 7) is 1.27. The van der Waals surface area contributed by atoms with Crippen LogP contribution < -0.4 is 5.43 Å². The third kappa shape index (κ3) is 2.41. The molecule has 1 aliphatic rings. The van der Waals surface area contributed by atoms with Crippen molar-refractivity contribution in [2.75, 3.05) is 0 Å². The second kappa shape index (κ2) is 5.51. The van der Waals surface area contributed by atoms with Gasteiger partial charge in [-0.25, -0.2) is 13.6 Å². The number of aromatic nitrogens is 1. The molecule has 1 N–H and O–H groups in total. The maximum atomic E-state index is 14.0. The molecule has 0 saturated carbocycles. The number of hydrazine groups is 1. The standard InChI is InChI=1S/C15H12F2N3O2/c1-9(21)20-15(13-11(16)3-2-4-12(13)17)22-14(19-20)10-5-7-18-8-6-10/h2-8,14,19H,1H3/q+1. The van der Waals surface area contributed by atoms with Gasteiger partial charge in [0, 0.05) is 18.0 Å². The molecule has 0 radical (unpaired) electrons. The van der Waals surface area contributed by atoms with Gasteiger partial charge in [0.05, 0.1) is 6.92 Å². The molecule has 1 atom stereocenters. The predicted molar refractivity (Wildman–Crippen MR) is 72.6 cm³/mol. The van der Waals surface area contributed by atoms with Crippen LogP contribution >= 0.6 is 0 Å². The number of nitrogens with one attached hydrogen (secondary N) is 1. The highest BCUT2D eigenvalue weighted by Gasteiger charge is 2.40. The molecule has 112 valence electrons. The number of rotatable bonds is 2. The van der Waals surface area contributed by atoms with Gasteiger partial charge < -0.3 is 4.74 Å². The van der Waals surface area contributed by atoms with Gasteiger partial charge in [0.25, 0.3) is 6.23 Å². The monoisotopic (exact) mass is 304 g/mol. The zero-order chi connectivity index (χ0) is 15.7. The lowest BCUT2D eigenvalue weighted by Crippen LogP contribution is -2.32. The highest BCUT2D eigenvalue weighted by Crippen LogP contribution is 2.23. The number of hydrazone groups is 1. The summed E-state index contributed by atoms with van der Waals surface area (Å²) in [6, 6.07) is 6.81. The second-order valence-electron chi connectivity index (χ2n) is 4.66. The molecule has 0 saturated heterocycles. The van der Waals surface area contributed by atoms with Gasteiger partial charge in [0.2, 0.25) is 0 Å². The zero-order valence-electron chi connectivity index (χ0n) is 11.6. The smallest absolute Gasteiger partial charge is 0.408 e. The molecular weight excluding hydrogens is 292 g/mol. The van der Waals surface area contributed by atoms with Gasteiger partial charge in [0.15, 0.2) is 5.56 Å². The first kappa shape index (κ1) is 14.1. The van der Waals surface area contributed by atoms with Crippen molar-refractivity contribution in [2.24, 2.45) is 0 Å². The Labute approximate surface area is 124 Å². The largest absolute Gasteiger partial charge is 0.415 e. The minimum atomic E-state index is -0.807. The van der Waals surface area contributed by atoms with Crippen molar-refractivity contribution >= 4 is 11.8 Å². The first-order valence-electron chi connectivity index (χ1n) is 6.52. The molecule has 2 heterocycles. The molecule has 7 heteroatoms. The number of benzene rings is 1. The van der Waals surface area contributed by atoms with Crippen molar-refractivity contribution in [3.63, 3.8) is 0 Å². The van der Waals surface area contributed by atoms with Crippen LogP contribution in [0.3, 0.4) is 0 Å². The van der Waals surface area contributed by atoms with Gasteiger partial charge in [-0.2, -0.15) is 0 Å². The molecule has 0 fully saturated rings. The normalized spacial score (nSPS) is 17.1. The molecule has 1 aromatic heterocycles. The van der Waals surface area contributed by atoms with Crippen molar-refractivity contribution in [1.29, 1.82) is 0 Å². The summed E-state index contributed by atoms with van der Waals surface area (Å²) in [4.78, 5) is 15.6. The summed E-state index contributed by atoms with van der Waals surface area (Å²) in [6.07, 6.45) is 2.38. The Balaban J connectivity index is 2.04. The number of carbonyl (C=O) groups excluding carboxylic acids is 1. The molecular formula is C15H12F2N3O2+. The molecule has 1 aliphatic heterocycles. The Kier molecular flexibility index (Phi) is 3.54. The molecule has 1 amide bonds. The van der Waals surface area contributed by atoms with E-state index >= 15 is 0 Å². The quantitative estimate of drug-likeness (QED) is 0.861. The van der Waals surface area contributed by atoms with Crippen molar-refractivity contribution in [3.05, 3.63) is 65.5 Å². The fourth-order valence-electron chi connectivity index (χ4n) is 2.15. The van der Waals surface area contributed by atoms with Crippen LogP contribution in [-0.2, 0) is 9.53 Å². The number of hydrogen-bond donors (Lipinski definition) is 1. The molecule has 0 bridgehead atoms. The van der Waals surface area contributed by atoms with Crippen LogP contribution in [0.4, 0.5) is 8.78 Å². The minimum Gasteiger partial charge on any atom is -0.408 e. The number of nitrogens with zero attached hydrogens (tertiary/aromatic N) is 2. The Morgan fingerprint density at radius 3 is 2.45 bits per heavy atom. The topological polar surface area (TPSA) is 54.2 Å². The lowest BCUT2D eigenvalue weighted by Gasteiger charge is -2.07. The summed E-state index contributed by atoms with van der Waals surface area (Å²) < 4.78 is 34.5. The Hall–Kier alpha value is -2.83. The lowest BCUT2D eigenvalue weighted by molar-refractivity contribution is -0.504. The van der Waals surface area contributed by atoms with Crippen LogP contribution in [0.2, 0.25) is 0 Å².